The number of nitrogens with one attached hydrogen (secondary N) is 2. The van der Waals surface area contributed by atoms with Crippen molar-refractivity contribution >= 4 is 11.8 Å². The Balaban J connectivity index is 1.81. The second kappa shape index (κ2) is 10.4. The second-order valence-electron chi connectivity index (χ2n) is 7.54. The van der Waals surface area contributed by atoms with Crippen LogP contribution >= 0.6 is 0 Å². The van der Waals surface area contributed by atoms with Crippen molar-refractivity contribution < 1.29 is 14.7 Å². The highest BCUT2D eigenvalue weighted by Gasteiger charge is 2.19. The lowest BCUT2D eigenvalue weighted by atomic mass is 10.0. The summed E-state index contributed by atoms with van der Waals surface area (Å²) in [5.74, 6) is -0.529. The van der Waals surface area contributed by atoms with Crippen LogP contribution in [-0.4, -0.2) is 53.6 Å². The van der Waals surface area contributed by atoms with E-state index in [1.165, 1.54) is 5.56 Å². The molecule has 7 heteroatoms. The van der Waals surface area contributed by atoms with Crippen molar-refractivity contribution in [2.24, 2.45) is 11.7 Å². The van der Waals surface area contributed by atoms with Crippen LogP contribution in [-0.2, 0) is 22.7 Å². The maximum atomic E-state index is 12.0. The Hall–Kier alpha value is -1.96. The Morgan fingerprint density at radius 2 is 1.81 bits per heavy atom. The van der Waals surface area contributed by atoms with Crippen LogP contribution in [0.2, 0.25) is 0 Å². The number of nitrogens with two attached hydrogens (primary N) is 1. The van der Waals surface area contributed by atoms with Crippen LogP contribution in [0.15, 0.2) is 24.3 Å². The number of hydrogen-bond donors (Lipinski definition) is 4. The average Bonchev–Trinajstić information content (AvgIpc) is 2.66. The summed E-state index contributed by atoms with van der Waals surface area (Å²) in [6, 6.07) is 7.40. The van der Waals surface area contributed by atoms with Crippen LogP contribution in [0, 0.1) is 5.92 Å². The molecule has 0 aliphatic carbocycles. The van der Waals surface area contributed by atoms with E-state index in [4.69, 9.17) is 5.73 Å². The van der Waals surface area contributed by atoms with Crippen LogP contribution in [0.25, 0.3) is 0 Å². The highest BCUT2D eigenvalue weighted by molar-refractivity contribution is 5.87. The Morgan fingerprint density at radius 1 is 1.19 bits per heavy atom. The molecule has 1 aromatic carbocycles. The summed E-state index contributed by atoms with van der Waals surface area (Å²) in [4.78, 5) is 26.2. The van der Waals surface area contributed by atoms with Crippen molar-refractivity contribution in [2.75, 3.05) is 19.6 Å². The van der Waals surface area contributed by atoms with Gasteiger partial charge in [0.1, 0.15) is 0 Å². The highest BCUT2D eigenvalue weighted by atomic mass is 16.3. The molecule has 0 unspecified atom stereocenters. The van der Waals surface area contributed by atoms with E-state index in [1.807, 2.05) is 32.0 Å². The van der Waals surface area contributed by atoms with Crippen LogP contribution in [0.1, 0.15) is 37.8 Å². The maximum absolute atomic E-state index is 12.0. The summed E-state index contributed by atoms with van der Waals surface area (Å²) in [5, 5.41) is 15.1. The van der Waals surface area contributed by atoms with Crippen molar-refractivity contribution in [1.29, 1.82) is 0 Å². The van der Waals surface area contributed by atoms with Gasteiger partial charge in [0.25, 0.3) is 0 Å². The van der Waals surface area contributed by atoms with Gasteiger partial charge in [0, 0.05) is 26.2 Å². The first kappa shape index (κ1) is 21.3. The molecule has 0 bridgehead atoms. The summed E-state index contributed by atoms with van der Waals surface area (Å²) in [5.41, 5.74) is 7.99. The number of carbonyl (C=O) groups is 2. The molecule has 0 aromatic heterocycles. The highest BCUT2D eigenvalue weighted by Crippen LogP contribution is 2.16. The van der Waals surface area contributed by atoms with Gasteiger partial charge in [-0.1, -0.05) is 38.1 Å². The molecule has 2 amide bonds. The molecule has 5 N–H and O–H groups in total. The lowest BCUT2D eigenvalue weighted by molar-refractivity contribution is -0.127. The Bertz CT molecular complexity index is 627. The van der Waals surface area contributed by atoms with Gasteiger partial charge < -0.3 is 21.5 Å². The molecule has 2 rings (SSSR count). The second-order valence-corrected chi connectivity index (χ2v) is 7.54. The van der Waals surface area contributed by atoms with Gasteiger partial charge in [0.05, 0.1) is 18.7 Å². The predicted molar refractivity (Wildman–Crippen MR) is 105 cm³/mol. The molecule has 1 aliphatic heterocycles. The predicted octanol–water partition coefficient (Wildman–Crippen LogP) is 0.359. The first-order valence-corrected chi connectivity index (χ1v) is 9.64. The molecule has 1 atom stereocenters. The number of aliphatic hydroxyl groups is 1. The Labute approximate surface area is 161 Å². The molecule has 0 spiro atoms. The molecule has 7 nitrogen and oxygen atoms in total. The van der Waals surface area contributed by atoms with Crippen LogP contribution in [0.3, 0.4) is 0 Å². The molecule has 150 valence electrons. The summed E-state index contributed by atoms with van der Waals surface area (Å²) in [6.07, 6.45) is 1.42. The van der Waals surface area contributed by atoms with E-state index in [1.54, 1.807) is 0 Å². The standard InChI is InChI=1S/C20H32N4O3/c1-14(2)19(21)20(27)23-12-18(26)22-11-15-5-3-4-6-16(15)13-24-9-7-17(25)8-10-24/h3-6,14,17,19,25H,7-13,21H2,1-2H3,(H,22,26)(H,23,27)/t19-/m0/s1. The van der Waals surface area contributed by atoms with Gasteiger partial charge in [-0.3, -0.25) is 14.5 Å². The molecule has 1 aliphatic rings. The smallest absolute Gasteiger partial charge is 0.239 e. The van der Waals surface area contributed by atoms with Gasteiger partial charge >= 0.3 is 0 Å². The zero-order valence-corrected chi connectivity index (χ0v) is 16.3. The third-order valence-corrected chi connectivity index (χ3v) is 4.99. The number of benzene rings is 1. The Morgan fingerprint density at radius 3 is 2.44 bits per heavy atom. The number of carbonyl (C=O) groups excluding carboxylic acids is 2. The zero-order valence-electron chi connectivity index (χ0n) is 16.3. The van der Waals surface area contributed by atoms with Crippen molar-refractivity contribution in [2.45, 2.75) is 51.9 Å². The summed E-state index contributed by atoms with van der Waals surface area (Å²) in [7, 11) is 0. The number of amides is 2. The molecule has 1 fully saturated rings. The van der Waals surface area contributed by atoms with E-state index < -0.39 is 6.04 Å². The minimum atomic E-state index is -0.610. The van der Waals surface area contributed by atoms with Gasteiger partial charge in [0.15, 0.2) is 0 Å². The summed E-state index contributed by atoms with van der Waals surface area (Å²) >= 11 is 0. The molecule has 1 saturated heterocycles. The molecule has 1 heterocycles. The third-order valence-electron chi connectivity index (χ3n) is 4.99. The number of aliphatic hydroxyl groups excluding tert-OH is 1. The third kappa shape index (κ3) is 6.93. The van der Waals surface area contributed by atoms with E-state index in [-0.39, 0.29) is 30.4 Å². The van der Waals surface area contributed by atoms with Crippen LogP contribution in [0.5, 0.6) is 0 Å². The maximum Gasteiger partial charge on any atom is 0.239 e. The van der Waals surface area contributed by atoms with Gasteiger partial charge in [-0.2, -0.15) is 0 Å². The fourth-order valence-corrected chi connectivity index (χ4v) is 3.05. The topological polar surface area (TPSA) is 108 Å². The van der Waals surface area contributed by atoms with E-state index >= 15 is 0 Å². The van der Waals surface area contributed by atoms with E-state index in [9.17, 15) is 14.7 Å². The van der Waals surface area contributed by atoms with Gasteiger partial charge in [-0.25, -0.2) is 0 Å². The fraction of sp³-hybridized carbons (Fsp3) is 0.600. The van der Waals surface area contributed by atoms with Crippen molar-refractivity contribution in [3.8, 4) is 0 Å². The summed E-state index contributed by atoms with van der Waals surface area (Å²) in [6.45, 7) is 6.63. The molecule has 0 radical (unpaired) electrons. The van der Waals surface area contributed by atoms with E-state index in [2.05, 4.69) is 21.6 Å². The van der Waals surface area contributed by atoms with Gasteiger partial charge in [-0.15, -0.1) is 0 Å². The molecular weight excluding hydrogens is 344 g/mol. The summed E-state index contributed by atoms with van der Waals surface area (Å²) < 4.78 is 0. The quantitative estimate of drug-likeness (QED) is 0.524. The lowest BCUT2D eigenvalue weighted by Crippen LogP contribution is -2.47. The molecular formula is C20H32N4O3. The number of hydrogen-bond acceptors (Lipinski definition) is 5. The van der Waals surface area contributed by atoms with Crippen molar-refractivity contribution in [3.63, 3.8) is 0 Å². The minimum absolute atomic E-state index is 0.0239. The van der Waals surface area contributed by atoms with Gasteiger partial charge in [-0.05, 0) is 29.9 Å². The molecule has 0 saturated carbocycles. The fourth-order valence-electron chi connectivity index (χ4n) is 3.05. The Kier molecular flexibility index (Phi) is 8.22. The normalized spacial score (nSPS) is 16.9. The number of likely N-dealkylation sites (tertiary alicyclic amines) is 1. The molecule has 27 heavy (non-hydrogen) atoms. The lowest BCUT2D eigenvalue weighted by Gasteiger charge is -2.30. The van der Waals surface area contributed by atoms with Gasteiger partial charge in [0.2, 0.25) is 11.8 Å². The van der Waals surface area contributed by atoms with E-state index in [0.717, 1.165) is 38.0 Å². The first-order chi connectivity index (χ1) is 12.9. The van der Waals surface area contributed by atoms with Crippen LogP contribution in [0.4, 0.5) is 0 Å². The SMILES string of the molecule is CC(C)[C@H](N)C(=O)NCC(=O)NCc1ccccc1CN1CCC(O)CC1. The van der Waals surface area contributed by atoms with Crippen molar-refractivity contribution in [1.82, 2.24) is 15.5 Å². The zero-order chi connectivity index (χ0) is 19.8. The van der Waals surface area contributed by atoms with Crippen LogP contribution < -0.4 is 16.4 Å². The minimum Gasteiger partial charge on any atom is -0.393 e. The largest absolute Gasteiger partial charge is 0.393 e. The number of rotatable bonds is 8. The number of piperidine rings is 1. The van der Waals surface area contributed by atoms with Crippen molar-refractivity contribution in [3.05, 3.63) is 35.4 Å². The van der Waals surface area contributed by atoms with E-state index in [0.29, 0.717) is 6.54 Å². The molecule has 1 aromatic rings. The monoisotopic (exact) mass is 376 g/mol. The first-order valence-electron chi connectivity index (χ1n) is 9.64. The average molecular weight is 377 g/mol. The number of nitrogens with zero attached hydrogens (tertiary/aromatic N) is 1.